The van der Waals surface area contributed by atoms with E-state index >= 15 is 0 Å². The molecule has 0 aliphatic heterocycles. The highest BCUT2D eigenvalue weighted by molar-refractivity contribution is 5.79. The van der Waals surface area contributed by atoms with Crippen molar-refractivity contribution in [1.82, 2.24) is 0 Å². The molecule has 0 aliphatic rings. The highest BCUT2D eigenvalue weighted by Crippen LogP contribution is 2.22. The second kappa shape index (κ2) is 8.70. The summed E-state index contributed by atoms with van der Waals surface area (Å²) in [4.78, 5) is 10.7. The monoisotopic (exact) mass is 250 g/mol. The van der Waals surface area contributed by atoms with E-state index in [1.54, 1.807) is 12.1 Å². The Labute approximate surface area is 109 Å². The van der Waals surface area contributed by atoms with Crippen molar-refractivity contribution in [3.63, 3.8) is 0 Å². The van der Waals surface area contributed by atoms with Crippen molar-refractivity contribution >= 4 is 6.29 Å². The van der Waals surface area contributed by atoms with Gasteiger partial charge >= 0.3 is 0 Å². The Morgan fingerprint density at radius 3 is 2.72 bits per heavy atom. The van der Waals surface area contributed by atoms with Crippen LogP contribution in [0, 0.1) is 0 Å². The summed E-state index contributed by atoms with van der Waals surface area (Å²) in [7, 11) is 0. The predicted molar refractivity (Wildman–Crippen MR) is 72.2 cm³/mol. The van der Waals surface area contributed by atoms with E-state index < -0.39 is 0 Å². The number of phenols is 1. The molecule has 0 aromatic heterocycles. The number of rotatable bonds is 9. The first kappa shape index (κ1) is 14.7. The van der Waals surface area contributed by atoms with E-state index in [1.807, 2.05) is 6.07 Å². The Balaban J connectivity index is 2.25. The molecule has 0 radical (unpaired) electrons. The summed E-state index contributed by atoms with van der Waals surface area (Å²) in [5.74, 6) is 0.124. The molecule has 100 valence electrons. The molecule has 0 spiro atoms. The number of hydrogen-bond acceptors (Lipinski definition) is 3. The van der Waals surface area contributed by atoms with Gasteiger partial charge in [0.15, 0.2) is 6.29 Å². The van der Waals surface area contributed by atoms with Crippen LogP contribution in [0.1, 0.15) is 48.5 Å². The first-order valence-corrected chi connectivity index (χ1v) is 6.63. The second-order valence-electron chi connectivity index (χ2n) is 4.40. The maximum absolute atomic E-state index is 10.7. The van der Waals surface area contributed by atoms with E-state index in [9.17, 15) is 9.90 Å². The summed E-state index contributed by atoms with van der Waals surface area (Å²) in [6, 6.07) is 5.29. The van der Waals surface area contributed by atoms with Crippen molar-refractivity contribution in [3.8, 4) is 5.75 Å². The molecule has 18 heavy (non-hydrogen) atoms. The minimum Gasteiger partial charge on any atom is -0.507 e. The van der Waals surface area contributed by atoms with E-state index in [0.29, 0.717) is 11.8 Å². The SMILES string of the molecule is CCCCOCCCCc1cccc(C=O)c1O. The van der Waals surface area contributed by atoms with Gasteiger partial charge in [0.05, 0.1) is 5.56 Å². The summed E-state index contributed by atoms with van der Waals surface area (Å²) in [5.41, 5.74) is 1.21. The van der Waals surface area contributed by atoms with Crippen LogP contribution >= 0.6 is 0 Å². The minimum atomic E-state index is 0.124. The highest BCUT2D eigenvalue weighted by atomic mass is 16.5. The van der Waals surface area contributed by atoms with Gasteiger partial charge in [-0.15, -0.1) is 0 Å². The fraction of sp³-hybridized carbons (Fsp3) is 0.533. The lowest BCUT2D eigenvalue weighted by Gasteiger charge is -2.06. The molecule has 0 heterocycles. The molecule has 0 aliphatic carbocycles. The Morgan fingerprint density at radius 1 is 1.22 bits per heavy atom. The highest BCUT2D eigenvalue weighted by Gasteiger charge is 2.05. The zero-order valence-corrected chi connectivity index (χ0v) is 11.0. The van der Waals surface area contributed by atoms with Gasteiger partial charge in [0.1, 0.15) is 5.75 Å². The third-order valence-corrected chi connectivity index (χ3v) is 2.90. The summed E-state index contributed by atoms with van der Waals surface area (Å²) in [6.07, 6.45) is 5.68. The number of phenolic OH excluding ortho intramolecular Hbond substituents is 1. The van der Waals surface area contributed by atoms with Crippen LogP contribution in [-0.2, 0) is 11.2 Å². The van der Waals surface area contributed by atoms with Crippen molar-refractivity contribution in [2.24, 2.45) is 0 Å². The maximum Gasteiger partial charge on any atom is 0.153 e. The standard InChI is InChI=1S/C15H22O3/c1-2-3-10-18-11-5-4-7-13-8-6-9-14(12-16)15(13)17/h6,8-9,12,17H,2-5,7,10-11H2,1H3. The molecule has 0 saturated carbocycles. The molecule has 1 N–H and O–H groups in total. The van der Waals surface area contributed by atoms with Crippen LogP contribution in [0.2, 0.25) is 0 Å². The van der Waals surface area contributed by atoms with E-state index in [-0.39, 0.29) is 5.75 Å². The Bertz CT molecular complexity index is 361. The molecule has 3 heteroatoms. The first-order valence-electron chi connectivity index (χ1n) is 6.63. The zero-order valence-electron chi connectivity index (χ0n) is 11.0. The molecule has 0 saturated heterocycles. The van der Waals surface area contributed by atoms with Gasteiger partial charge in [0, 0.05) is 13.2 Å². The third-order valence-electron chi connectivity index (χ3n) is 2.90. The molecule has 0 unspecified atom stereocenters. The summed E-state index contributed by atoms with van der Waals surface area (Å²) in [5, 5.41) is 9.80. The van der Waals surface area contributed by atoms with Crippen LogP contribution in [0.25, 0.3) is 0 Å². The summed E-state index contributed by atoms with van der Waals surface area (Å²) < 4.78 is 5.47. The average Bonchev–Trinajstić information content (AvgIpc) is 2.39. The molecule has 0 amide bonds. The van der Waals surface area contributed by atoms with E-state index in [1.165, 1.54) is 0 Å². The zero-order chi connectivity index (χ0) is 13.2. The molecule has 1 aromatic carbocycles. The normalized spacial score (nSPS) is 10.5. The largest absolute Gasteiger partial charge is 0.507 e. The van der Waals surface area contributed by atoms with Crippen molar-refractivity contribution in [3.05, 3.63) is 29.3 Å². The van der Waals surface area contributed by atoms with Gasteiger partial charge in [-0.1, -0.05) is 25.5 Å². The smallest absolute Gasteiger partial charge is 0.153 e. The van der Waals surface area contributed by atoms with Crippen molar-refractivity contribution in [2.45, 2.75) is 39.0 Å². The molecule has 1 rings (SSSR count). The maximum atomic E-state index is 10.7. The Morgan fingerprint density at radius 2 is 2.00 bits per heavy atom. The Kier molecular flexibility index (Phi) is 7.11. The summed E-state index contributed by atoms with van der Waals surface area (Å²) >= 11 is 0. The quantitative estimate of drug-likeness (QED) is 0.540. The number of hydrogen-bond donors (Lipinski definition) is 1. The number of carbonyl (C=O) groups excluding carboxylic acids is 1. The number of aldehydes is 1. The number of benzene rings is 1. The lowest BCUT2D eigenvalue weighted by atomic mass is 10.0. The van der Waals surface area contributed by atoms with Gasteiger partial charge < -0.3 is 9.84 Å². The topological polar surface area (TPSA) is 46.5 Å². The van der Waals surface area contributed by atoms with Crippen LogP contribution < -0.4 is 0 Å². The van der Waals surface area contributed by atoms with Crippen molar-refractivity contribution in [1.29, 1.82) is 0 Å². The van der Waals surface area contributed by atoms with Gasteiger partial charge in [-0.3, -0.25) is 4.79 Å². The van der Waals surface area contributed by atoms with Gasteiger partial charge in [-0.25, -0.2) is 0 Å². The molecule has 0 atom stereocenters. The van der Waals surface area contributed by atoms with Gasteiger partial charge in [0.25, 0.3) is 0 Å². The van der Waals surface area contributed by atoms with Crippen LogP contribution in [0.4, 0.5) is 0 Å². The summed E-state index contributed by atoms with van der Waals surface area (Å²) in [6.45, 7) is 3.75. The molecule has 0 fully saturated rings. The van der Waals surface area contributed by atoms with Crippen molar-refractivity contribution < 1.29 is 14.6 Å². The Hall–Kier alpha value is -1.35. The molecular formula is C15H22O3. The number of aryl methyl sites for hydroxylation is 1. The van der Waals surface area contributed by atoms with Gasteiger partial charge in [-0.05, 0) is 37.3 Å². The number of para-hydroxylation sites is 1. The molecule has 0 bridgehead atoms. The fourth-order valence-corrected chi connectivity index (χ4v) is 1.78. The van der Waals surface area contributed by atoms with Crippen LogP contribution in [0.5, 0.6) is 5.75 Å². The van der Waals surface area contributed by atoms with E-state index in [2.05, 4.69) is 6.92 Å². The molecule has 3 nitrogen and oxygen atoms in total. The third kappa shape index (κ3) is 4.88. The van der Waals surface area contributed by atoms with Crippen LogP contribution in [-0.4, -0.2) is 24.6 Å². The van der Waals surface area contributed by atoms with E-state index in [0.717, 1.165) is 50.9 Å². The van der Waals surface area contributed by atoms with Crippen LogP contribution in [0.15, 0.2) is 18.2 Å². The number of carbonyl (C=O) groups is 1. The molecule has 1 aromatic rings. The average molecular weight is 250 g/mol. The van der Waals surface area contributed by atoms with Gasteiger partial charge in [-0.2, -0.15) is 0 Å². The van der Waals surface area contributed by atoms with Crippen LogP contribution in [0.3, 0.4) is 0 Å². The van der Waals surface area contributed by atoms with Crippen molar-refractivity contribution in [2.75, 3.05) is 13.2 Å². The lowest BCUT2D eigenvalue weighted by molar-refractivity contribution is 0.112. The first-order chi connectivity index (χ1) is 8.79. The number of ether oxygens (including phenoxy) is 1. The molecular weight excluding hydrogens is 228 g/mol. The van der Waals surface area contributed by atoms with E-state index in [4.69, 9.17) is 4.74 Å². The number of aromatic hydroxyl groups is 1. The second-order valence-corrected chi connectivity index (χ2v) is 4.40. The fourth-order valence-electron chi connectivity index (χ4n) is 1.78. The lowest BCUT2D eigenvalue weighted by Crippen LogP contribution is -1.98. The van der Waals surface area contributed by atoms with Gasteiger partial charge in [0.2, 0.25) is 0 Å². The number of unbranched alkanes of at least 4 members (excludes halogenated alkanes) is 2. The minimum absolute atomic E-state index is 0.124. The predicted octanol–water partition coefficient (Wildman–Crippen LogP) is 3.34.